The lowest BCUT2D eigenvalue weighted by molar-refractivity contribution is -0.143. The minimum atomic E-state index is -1.03. The maximum absolute atomic E-state index is 13.2. The SMILES string of the molecule is O=C(NC1(C(=O)NC2CCCCCC2C(=O)O)CCC1)OCC1c2ccccc2-c2ccccc21. The van der Waals surface area contributed by atoms with Gasteiger partial charge in [-0.3, -0.25) is 9.59 Å². The summed E-state index contributed by atoms with van der Waals surface area (Å²) in [6, 6.07) is 15.9. The number of alkyl carbamates (subject to hydrolysis) is 1. The number of amides is 2. The first-order chi connectivity index (χ1) is 17.0. The van der Waals surface area contributed by atoms with E-state index in [9.17, 15) is 19.5 Å². The molecular weight excluding hydrogens is 444 g/mol. The normalized spacial score (nSPS) is 22.6. The molecule has 2 aromatic carbocycles. The molecule has 0 heterocycles. The Hall–Kier alpha value is -3.35. The summed E-state index contributed by atoms with van der Waals surface area (Å²) in [7, 11) is 0. The second kappa shape index (κ2) is 9.72. The van der Waals surface area contributed by atoms with E-state index in [0.29, 0.717) is 25.7 Å². The lowest BCUT2D eigenvalue weighted by Crippen LogP contribution is -2.64. The zero-order valence-corrected chi connectivity index (χ0v) is 19.8. The van der Waals surface area contributed by atoms with Crippen molar-refractivity contribution in [2.45, 2.75) is 68.9 Å². The van der Waals surface area contributed by atoms with Gasteiger partial charge in [0.1, 0.15) is 12.1 Å². The van der Waals surface area contributed by atoms with E-state index < -0.39 is 29.6 Å². The van der Waals surface area contributed by atoms with Crippen LogP contribution in [-0.4, -0.2) is 41.3 Å². The molecule has 5 rings (SSSR count). The zero-order chi connectivity index (χ0) is 24.4. The van der Waals surface area contributed by atoms with Gasteiger partial charge in [-0.25, -0.2) is 4.79 Å². The molecule has 0 bridgehead atoms. The highest BCUT2D eigenvalue weighted by Gasteiger charge is 2.47. The van der Waals surface area contributed by atoms with Crippen LogP contribution in [0.5, 0.6) is 0 Å². The summed E-state index contributed by atoms with van der Waals surface area (Å²) in [4.78, 5) is 37.8. The summed E-state index contributed by atoms with van der Waals surface area (Å²) in [5.41, 5.74) is 3.54. The number of carbonyl (C=O) groups is 3. The van der Waals surface area contributed by atoms with Gasteiger partial charge in [0.2, 0.25) is 5.91 Å². The fourth-order valence-corrected chi connectivity index (χ4v) is 5.85. The van der Waals surface area contributed by atoms with Crippen LogP contribution in [0.1, 0.15) is 68.4 Å². The first-order valence-corrected chi connectivity index (χ1v) is 12.7. The van der Waals surface area contributed by atoms with Crippen LogP contribution < -0.4 is 10.6 Å². The van der Waals surface area contributed by atoms with Crippen LogP contribution in [0, 0.1) is 5.92 Å². The lowest BCUT2D eigenvalue weighted by atomic mass is 9.75. The number of hydrogen-bond acceptors (Lipinski definition) is 4. The van der Waals surface area contributed by atoms with Gasteiger partial charge >= 0.3 is 12.1 Å². The Kier molecular flexibility index (Phi) is 6.50. The number of ether oxygens (including phenoxy) is 1. The lowest BCUT2D eigenvalue weighted by Gasteiger charge is -2.41. The molecule has 7 nitrogen and oxygen atoms in total. The molecule has 0 radical (unpaired) electrons. The molecule has 0 spiro atoms. The van der Waals surface area contributed by atoms with Gasteiger partial charge in [0.05, 0.1) is 5.92 Å². The van der Waals surface area contributed by atoms with Crippen LogP contribution in [-0.2, 0) is 14.3 Å². The van der Waals surface area contributed by atoms with Gasteiger partial charge in [-0.05, 0) is 54.4 Å². The number of aliphatic carboxylic acids is 1. The second-order valence-electron chi connectivity index (χ2n) is 10.0. The van der Waals surface area contributed by atoms with Crippen molar-refractivity contribution in [2.75, 3.05) is 6.61 Å². The maximum atomic E-state index is 13.2. The van der Waals surface area contributed by atoms with Crippen LogP contribution in [0.15, 0.2) is 48.5 Å². The van der Waals surface area contributed by atoms with Gasteiger partial charge in [0, 0.05) is 12.0 Å². The van der Waals surface area contributed by atoms with E-state index in [-0.39, 0.29) is 18.4 Å². The van der Waals surface area contributed by atoms with Crippen LogP contribution >= 0.6 is 0 Å². The Bertz CT molecular complexity index is 1080. The van der Waals surface area contributed by atoms with Gasteiger partial charge in [-0.15, -0.1) is 0 Å². The van der Waals surface area contributed by atoms with Crippen molar-refractivity contribution in [3.8, 4) is 11.1 Å². The topological polar surface area (TPSA) is 105 Å². The fourth-order valence-electron chi connectivity index (χ4n) is 5.85. The molecule has 184 valence electrons. The number of benzene rings is 2. The number of nitrogens with one attached hydrogen (secondary N) is 2. The van der Waals surface area contributed by atoms with E-state index in [2.05, 4.69) is 34.9 Å². The molecule has 0 aliphatic heterocycles. The van der Waals surface area contributed by atoms with Crippen LogP contribution in [0.4, 0.5) is 4.79 Å². The quantitative estimate of drug-likeness (QED) is 0.529. The third-order valence-corrected chi connectivity index (χ3v) is 7.98. The predicted molar refractivity (Wildman–Crippen MR) is 131 cm³/mol. The summed E-state index contributed by atoms with van der Waals surface area (Å²) >= 11 is 0. The molecule has 2 amide bonds. The Morgan fingerprint density at radius 1 is 0.886 bits per heavy atom. The molecule has 2 aromatic rings. The van der Waals surface area contributed by atoms with E-state index in [1.807, 2.05) is 24.3 Å². The predicted octanol–water partition coefficient (Wildman–Crippen LogP) is 4.60. The summed E-state index contributed by atoms with van der Waals surface area (Å²) < 4.78 is 5.67. The third-order valence-electron chi connectivity index (χ3n) is 7.98. The van der Waals surface area contributed by atoms with E-state index in [1.54, 1.807) is 0 Å². The molecule has 3 aliphatic rings. The van der Waals surface area contributed by atoms with Gasteiger partial charge in [-0.1, -0.05) is 67.8 Å². The highest BCUT2D eigenvalue weighted by molar-refractivity contribution is 5.91. The van der Waals surface area contributed by atoms with Crippen molar-refractivity contribution in [1.29, 1.82) is 0 Å². The van der Waals surface area contributed by atoms with Crippen LogP contribution in [0.2, 0.25) is 0 Å². The largest absolute Gasteiger partial charge is 0.481 e. The molecule has 2 unspecified atom stereocenters. The average Bonchev–Trinajstić information content (AvgIpc) is 2.96. The number of hydrogen-bond donors (Lipinski definition) is 3. The van der Waals surface area contributed by atoms with Crippen molar-refractivity contribution in [1.82, 2.24) is 10.6 Å². The molecule has 3 aliphatic carbocycles. The Labute approximate surface area is 205 Å². The van der Waals surface area contributed by atoms with E-state index in [4.69, 9.17) is 4.74 Å². The summed E-state index contributed by atoms with van der Waals surface area (Å²) in [5, 5.41) is 15.4. The third kappa shape index (κ3) is 4.51. The fraction of sp³-hybridized carbons (Fsp3) is 0.464. The molecule has 7 heteroatoms. The first-order valence-electron chi connectivity index (χ1n) is 12.7. The molecule has 2 atom stereocenters. The smallest absolute Gasteiger partial charge is 0.408 e. The minimum Gasteiger partial charge on any atom is -0.481 e. The Morgan fingerprint density at radius 3 is 2.11 bits per heavy atom. The molecule has 35 heavy (non-hydrogen) atoms. The van der Waals surface area contributed by atoms with Crippen molar-refractivity contribution in [2.24, 2.45) is 5.92 Å². The number of fused-ring (bicyclic) bond motifs is 3. The number of carboxylic acids is 1. The van der Waals surface area contributed by atoms with Crippen LogP contribution in [0.3, 0.4) is 0 Å². The number of rotatable bonds is 6. The van der Waals surface area contributed by atoms with Crippen molar-refractivity contribution < 1.29 is 24.2 Å². The molecule has 0 aromatic heterocycles. The average molecular weight is 477 g/mol. The van der Waals surface area contributed by atoms with E-state index in [1.165, 1.54) is 0 Å². The van der Waals surface area contributed by atoms with Crippen molar-refractivity contribution >= 4 is 18.0 Å². The molecule has 3 N–H and O–H groups in total. The van der Waals surface area contributed by atoms with E-state index in [0.717, 1.165) is 47.9 Å². The second-order valence-corrected chi connectivity index (χ2v) is 10.0. The summed E-state index contributed by atoms with van der Waals surface area (Å²) in [5.74, 6) is -1.81. The Balaban J connectivity index is 1.24. The van der Waals surface area contributed by atoms with Crippen molar-refractivity contribution in [3.05, 3.63) is 59.7 Å². The highest BCUT2D eigenvalue weighted by Crippen LogP contribution is 2.44. The van der Waals surface area contributed by atoms with E-state index >= 15 is 0 Å². The minimum absolute atomic E-state index is 0.0540. The van der Waals surface area contributed by atoms with Gasteiger partial charge in [-0.2, -0.15) is 0 Å². The standard InChI is InChI=1S/C28H32N2O5/c31-25(32)22-13-2-1-3-14-24(22)29-26(33)28(15-8-16-28)30-27(34)35-17-23-20-11-6-4-9-18(20)19-10-5-7-12-21(19)23/h4-7,9-12,22-24H,1-3,8,13-17H2,(H,29,33)(H,30,34)(H,31,32). The van der Waals surface area contributed by atoms with Crippen molar-refractivity contribution in [3.63, 3.8) is 0 Å². The number of carbonyl (C=O) groups excluding carboxylic acids is 2. The van der Waals surface area contributed by atoms with Gasteiger partial charge in [0.15, 0.2) is 0 Å². The summed E-state index contributed by atoms with van der Waals surface area (Å²) in [6.07, 6.45) is 5.17. The zero-order valence-electron chi connectivity index (χ0n) is 19.8. The Morgan fingerprint density at radius 2 is 1.51 bits per heavy atom. The monoisotopic (exact) mass is 476 g/mol. The molecule has 2 fully saturated rings. The highest BCUT2D eigenvalue weighted by atomic mass is 16.5. The molecule has 0 saturated heterocycles. The molecular formula is C28H32N2O5. The van der Waals surface area contributed by atoms with Crippen LogP contribution in [0.25, 0.3) is 11.1 Å². The van der Waals surface area contributed by atoms with Gasteiger partial charge < -0.3 is 20.5 Å². The number of carboxylic acid groups (broad SMARTS) is 1. The maximum Gasteiger partial charge on any atom is 0.408 e. The summed E-state index contributed by atoms with van der Waals surface area (Å²) in [6.45, 7) is 0.182. The molecule has 2 saturated carbocycles. The first kappa shape index (κ1) is 23.4. The van der Waals surface area contributed by atoms with Gasteiger partial charge in [0.25, 0.3) is 0 Å².